The van der Waals surface area contributed by atoms with E-state index >= 15 is 0 Å². The number of rotatable bonds is 2. The maximum atomic E-state index is 10.4. The average molecular weight is 283 g/mol. The summed E-state index contributed by atoms with van der Waals surface area (Å²) < 4.78 is 4.06. The van der Waals surface area contributed by atoms with Crippen LogP contribution in [0, 0.1) is 0 Å². The summed E-state index contributed by atoms with van der Waals surface area (Å²) >= 11 is 0. The van der Waals surface area contributed by atoms with Crippen LogP contribution in [-0.4, -0.2) is 66.6 Å². The van der Waals surface area contributed by atoms with Gasteiger partial charge in [-0.05, 0) is 6.92 Å². The van der Waals surface area contributed by atoms with Gasteiger partial charge in [0.2, 0.25) is 0 Å². The second-order valence-corrected chi connectivity index (χ2v) is 1.84. The van der Waals surface area contributed by atoms with E-state index in [1.54, 1.807) is 0 Å². The van der Waals surface area contributed by atoms with Crippen LogP contribution in [0.4, 0.5) is 0 Å². The van der Waals surface area contributed by atoms with Crippen LogP contribution in [0.15, 0.2) is 0 Å². The van der Waals surface area contributed by atoms with Crippen LogP contribution in [-0.2, 0) is 19.1 Å². The third kappa shape index (κ3) is 10.4. The maximum absolute atomic E-state index is 10.4. The van der Waals surface area contributed by atoms with Crippen LogP contribution in [0.25, 0.3) is 0 Å². The number of carbonyl (C=O) groups excluding carboxylic acids is 3. The van der Waals surface area contributed by atoms with E-state index in [4.69, 9.17) is 0 Å². The van der Waals surface area contributed by atoms with Crippen LogP contribution in [0.1, 0.15) is 20.3 Å². The van der Waals surface area contributed by atoms with Gasteiger partial charge in [0.25, 0.3) is 0 Å². The summed E-state index contributed by atoms with van der Waals surface area (Å²) in [4.78, 5) is 30.7. The second-order valence-electron chi connectivity index (χ2n) is 1.84. The summed E-state index contributed by atoms with van der Waals surface area (Å²) in [7, 11) is 0. The van der Waals surface area contributed by atoms with Gasteiger partial charge in [-0.25, -0.2) is 0 Å². The summed E-state index contributed by atoms with van der Waals surface area (Å²) in [5, 5.41) is 0. The molecule has 0 amide bonds. The van der Waals surface area contributed by atoms with E-state index < -0.39 is 11.9 Å². The van der Waals surface area contributed by atoms with E-state index in [0.717, 1.165) is 6.92 Å². The van der Waals surface area contributed by atoms with Crippen molar-refractivity contribution < 1.29 is 19.1 Å². The zero-order valence-corrected chi connectivity index (χ0v) is 5.84. The topological polar surface area (TPSA) is 60.4 Å². The molecule has 0 aromatic carbocycles. The number of ether oxygens (including phenoxy) is 1. The normalized spacial score (nSPS) is 7.82. The van der Waals surface area contributed by atoms with Crippen LogP contribution in [0.5, 0.6) is 0 Å². The summed E-state index contributed by atoms with van der Waals surface area (Å²) in [5.41, 5.74) is 0. The third-order valence-electron chi connectivity index (χ3n) is 0.651. The molecule has 0 bridgehead atoms. The zero-order chi connectivity index (χ0) is 8.15. The monoisotopic (exact) mass is 284 g/mol. The van der Waals surface area contributed by atoms with Crippen molar-refractivity contribution >= 4 is 66.6 Å². The first-order valence-corrected chi connectivity index (χ1v) is 2.73. The molecule has 11 heavy (non-hydrogen) atoms. The Balaban J connectivity index is 0. The molecule has 0 atom stereocenters. The van der Waals surface area contributed by atoms with Crippen LogP contribution >= 0.6 is 0 Å². The molecule has 0 aromatic rings. The van der Waals surface area contributed by atoms with Gasteiger partial charge in [-0.1, -0.05) is 0 Å². The molecule has 0 heterocycles. The fraction of sp³-hybridized carbons (Fsp3) is 0.500. The molecule has 0 aromatic heterocycles. The van der Waals surface area contributed by atoms with Crippen LogP contribution < -0.4 is 0 Å². The molecule has 0 saturated carbocycles. The van der Waals surface area contributed by atoms with Crippen molar-refractivity contribution in [1.29, 1.82) is 0 Å². The number of hydrogen-bond donors (Lipinski definition) is 0. The summed E-state index contributed by atoms with van der Waals surface area (Å²) in [6.07, 6.45) is -0.334. The zero-order valence-electron chi connectivity index (χ0n) is 5.84. The van der Waals surface area contributed by atoms with Gasteiger partial charge in [-0.3, -0.25) is 14.4 Å². The molecule has 0 spiro atoms. The van der Waals surface area contributed by atoms with Gasteiger partial charge in [0.1, 0.15) is 12.2 Å². The van der Waals surface area contributed by atoms with Crippen molar-refractivity contribution in [3.8, 4) is 0 Å². The molecule has 0 fully saturated rings. The van der Waals surface area contributed by atoms with E-state index in [-0.39, 0.29) is 61.1 Å². The average Bonchev–Trinajstić information content (AvgIpc) is 1.58. The number of carbonyl (C=O) groups is 3. The minimum absolute atomic E-state index is 0. The first-order chi connectivity index (χ1) is 4.52. The van der Waals surface area contributed by atoms with Crippen molar-refractivity contribution in [2.45, 2.75) is 20.3 Å². The number of hydrogen-bond acceptors (Lipinski definition) is 4. The fourth-order valence-corrected chi connectivity index (χ4v) is 0.400. The molecular weight excluding hydrogens is 273 g/mol. The van der Waals surface area contributed by atoms with Gasteiger partial charge in [0.05, 0.1) is 0 Å². The van der Waals surface area contributed by atoms with Crippen molar-refractivity contribution in [3.63, 3.8) is 0 Å². The number of ketones is 1. The Bertz CT molecular complexity index is 157. The molecule has 0 aliphatic rings. The quantitative estimate of drug-likeness (QED) is 0.376. The Hall–Kier alpha value is 0.381. The van der Waals surface area contributed by atoms with Crippen LogP contribution in [0.2, 0.25) is 0 Å². The Morgan fingerprint density at radius 3 is 1.91 bits per heavy atom. The van der Waals surface area contributed by atoms with E-state index in [2.05, 4.69) is 4.74 Å². The first kappa shape index (κ1) is 13.9. The van der Waals surface area contributed by atoms with E-state index in [1.807, 2.05) is 0 Å². The predicted molar refractivity (Wildman–Crippen MR) is 40.6 cm³/mol. The SMILES string of the molecule is CC(=O)CC(=O)OC(C)=O.[BaH2]. The molecular formula is C6H10BaO4. The van der Waals surface area contributed by atoms with Gasteiger partial charge in [-0.2, -0.15) is 0 Å². The molecule has 0 aliphatic heterocycles. The standard InChI is InChI=1S/C6H8O4.Ba.2H/c1-4(7)3-6(9)10-5(2)8;;;/h3H2,1-2H3;;;. The van der Waals surface area contributed by atoms with Gasteiger partial charge >= 0.3 is 60.8 Å². The molecule has 0 radical (unpaired) electrons. The molecule has 0 rings (SSSR count). The molecule has 0 aliphatic carbocycles. The molecule has 4 nitrogen and oxygen atoms in total. The van der Waals surface area contributed by atoms with Gasteiger partial charge in [-0.15, -0.1) is 0 Å². The second kappa shape index (κ2) is 7.05. The molecule has 5 heteroatoms. The molecule has 0 saturated heterocycles. The number of Topliss-reactive ketones (excluding diaryl/α,β-unsaturated/α-hetero) is 1. The molecule has 60 valence electrons. The summed E-state index contributed by atoms with van der Waals surface area (Å²) in [6, 6.07) is 0. The fourth-order valence-electron chi connectivity index (χ4n) is 0.400. The summed E-state index contributed by atoms with van der Waals surface area (Å²) in [6.45, 7) is 2.36. The van der Waals surface area contributed by atoms with Crippen molar-refractivity contribution in [1.82, 2.24) is 0 Å². The molecule has 0 unspecified atom stereocenters. The van der Waals surface area contributed by atoms with Crippen LogP contribution in [0.3, 0.4) is 0 Å². The van der Waals surface area contributed by atoms with E-state index in [0.29, 0.717) is 0 Å². The van der Waals surface area contributed by atoms with Crippen molar-refractivity contribution in [3.05, 3.63) is 0 Å². The number of esters is 2. The van der Waals surface area contributed by atoms with Gasteiger partial charge in [0.15, 0.2) is 0 Å². The Morgan fingerprint density at radius 1 is 1.18 bits per heavy atom. The predicted octanol–water partition coefficient (Wildman–Crippen LogP) is -0.861. The van der Waals surface area contributed by atoms with Crippen molar-refractivity contribution in [2.75, 3.05) is 0 Å². The summed E-state index contributed by atoms with van der Waals surface area (Å²) in [5.74, 6) is -1.79. The van der Waals surface area contributed by atoms with Crippen molar-refractivity contribution in [2.24, 2.45) is 0 Å². The minimum atomic E-state index is -0.792. The van der Waals surface area contributed by atoms with Gasteiger partial charge in [0, 0.05) is 6.92 Å². The third-order valence-corrected chi connectivity index (χ3v) is 0.651. The van der Waals surface area contributed by atoms with E-state index in [1.165, 1.54) is 6.92 Å². The van der Waals surface area contributed by atoms with Gasteiger partial charge < -0.3 is 4.74 Å². The molecule has 0 N–H and O–H groups in total. The first-order valence-electron chi connectivity index (χ1n) is 2.73. The Kier molecular flexibility index (Phi) is 8.94. The Morgan fingerprint density at radius 2 is 1.64 bits per heavy atom. The van der Waals surface area contributed by atoms with E-state index in [9.17, 15) is 14.4 Å². The Labute approximate surface area is 105 Å².